The maximum absolute atomic E-state index is 11.1. The number of hydrogen-bond donors (Lipinski definition) is 1. The van der Waals surface area contributed by atoms with Crippen molar-refractivity contribution in [3.63, 3.8) is 0 Å². The van der Waals surface area contributed by atoms with Crippen molar-refractivity contribution in [3.8, 4) is 11.5 Å². The summed E-state index contributed by atoms with van der Waals surface area (Å²) in [6.45, 7) is 1.69. The number of carbonyl (C=O) groups is 1. The van der Waals surface area contributed by atoms with Crippen LogP contribution < -0.4 is 14.8 Å². The summed E-state index contributed by atoms with van der Waals surface area (Å²) in [5, 5.41) is 2.71. The Kier molecular flexibility index (Phi) is 4.09. The molecule has 2 rings (SSSR count). The molecule has 1 heterocycles. The number of carbonyl (C=O) groups excluding carboxylic acids is 1. The van der Waals surface area contributed by atoms with Crippen LogP contribution in [0, 0.1) is 0 Å². The summed E-state index contributed by atoms with van der Waals surface area (Å²) in [6.07, 6.45) is 0.863. The number of nitrogens with one attached hydrogen (secondary N) is 1. The highest BCUT2D eigenvalue weighted by atomic mass is 35.5. The number of ether oxygens (including phenoxy) is 2. The van der Waals surface area contributed by atoms with Crippen LogP contribution in [-0.2, 0) is 11.3 Å². The summed E-state index contributed by atoms with van der Waals surface area (Å²) in [7, 11) is 0. The van der Waals surface area contributed by atoms with E-state index >= 15 is 0 Å². The molecular weight excluding hydrogens is 242 g/mol. The van der Waals surface area contributed by atoms with Crippen LogP contribution in [0.3, 0.4) is 0 Å². The van der Waals surface area contributed by atoms with E-state index in [1.165, 1.54) is 0 Å². The number of fused-ring (bicyclic) bond motifs is 1. The van der Waals surface area contributed by atoms with Gasteiger partial charge in [-0.05, 0) is 6.07 Å². The van der Waals surface area contributed by atoms with Gasteiger partial charge in [-0.2, -0.15) is 0 Å². The molecule has 1 N–H and O–H groups in total. The minimum atomic E-state index is -0.196. The minimum absolute atomic E-state index is 0.0353. The third-order valence-electron chi connectivity index (χ3n) is 2.45. The first kappa shape index (κ1) is 12.0. The van der Waals surface area contributed by atoms with Gasteiger partial charge in [-0.25, -0.2) is 0 Å². The van der Waals surface area contributed by atoms with Gasteiger partial charge in [0.05, 0.1) is 13.2 Å². The zero-order valence-corrected chi connectivity index (χ0v) is 10.1. The Morgan fingerprint density at radius 1 is 1.35 bits per heavy atom. The molecule has 4 nitrogen and oxygen atoms in total. The van der Waals surface area contributed by atoms with Crippen molar-refractivity contribution in [3.05, 3.63) is 23.8 Å². The van der Waals surface area contributed by atoms with Crippen molar-refractivity contribution in [1.29, 1.82) is 0 Å². The first-order valence-electron chi connectivity index (χ1n) is 5.51. The Hall–Kier alpha value is -1.42. The second-order valence-electron chi connectivity index (χ2n) is 3.71. The van der Waals surface area contributed by atoms with Gasteiger partial charge in [0.25, 0.3) is 0 Å². The molecule has 0 spiro atoms. The molecule has 0 atom stereocenters. The number of hydrogen-bond acceptors (Lipinski definition) is 3. The third-order valence-corrected chi connectivity index (χ3v) is 2.69. The summed E-state index contributed by atoms with van der Waals surface area (Å²) in [5.74, 6) is 1.23. The lowest BCUT2D eigenvalue weighted by atomic mass is 10.2. The van der Waals surface area contributed by atoms with Crippen molar-refractivity contribution in [2.24, 2.45) is 0 Å². The Balaban J connectivity index is 2.14. The summed E-state index contributed by atoms with van der Waals surface area (Å²) >= 11 is 5.42. The van der Waals surface area contributed by atoms with Crippen molar-refractivity contribution >= 4 is 17.5 Å². The number of amides is 1. The first-order chi connectivity index (χ1) is 8.31. The first-order valence-corrected chi connectivity index (χ1v) is 6.05. The molecule has 1 aliphatic heterocycles. The summed E-state index contributed by atoms with van der Waals surface area (Å²) < 4.78 is 11.2. The number of para-hydroxylation sites is 1. The van der Waals surface area contributed by atoms with Gasteiger partial charge >= 0.3 is 0 Å². The average molecular weight is 256 g/mol. The molecular formula is C12H14ClNO3. The van der Waals surface area contributed by atoms with E-state index < -0.39 is 0 Å². The predicted octanol–water partition coefficient (Wildman–Crippen LogP) is 1.70. The summed E-state index contributed by atoms with van der Waals surface area (Å²) in [6, 6.07) is 5.66. The van der Waals surface area contributed by atoms with E-state index in [1.807, 2.05) is 18.2 Å². The fraction of sp³-hybridized carbons (Fsp3) is 0.417. The van der Waals surface area contributed by atoms with Gasteiger partial charge in [0.2, 0.25) is 5.91 Å². The molecule has 0 aliphatic carbocycles. The van der Waals surface area contributed by atoms with Gasteiger partial charge in [0.1, 0.15) is 5.88 Å². The normalized spacial score (nSPS) is 13.9. The quantitative estimate of drug-likeness (QED) is 0.837. The Labute approximate surface area is 105 Å². The molecule has 5 heteroatoms. The monoisotopic (exact) mass is 255 g/mol. The maximum Gasteiger partial charge on any atom is 0.235 e. The lowest BCUT2D eigenvalue weighted by molar-refractivity contribution is -0.118. The van der Waals surface area contributed by atoms with E-state index in [0.29, 0.717) is 19.8 Å². The molecule has 0 aromatic heterocycles. The lowest BCUT2D eigenvalue weighted by Crippen LogP contribution is -2.24. The standard InChI is InChI=1S/C12H14ClNO3/c13-7-11(15)14-8-9-3-1-4-10-12(9)17-6-2-5-16-10/h1,3-4H,2,5-8H2,(H,14,15). The smallest absolute Gasteiger partial charge is 0.235 e. The zero-order chi connectivity index (χ0) is 12.1. The third kappa shape index (κ3) is 3.03. The highest BCUT2D eigenvalue weighted by Gasteiger charge is 2.14. The molecule has 1 aliphatic rings. The average Bonchev–Trinajstić information content (AvgIpc) is 2.61. The van der Waals surface area contributed by atoms with E-state index in [2.05, 4.69) is 5.32 Å². The van der Waals surface area contributed by atoms with E-state index in [4.69, 9.17) is 21.1 Å². The molecule has 0 saturated heterocycles. The number of rotatable bonds is 3. The molecule has 0 fully saturated rings. The summed E-state index contributed by atoms with van der Waals surface area (Å²) in [5.41, 5.74) is 0.905. The van der Waals surface area contributed by atoms with Gasteiger partial charge in [0, 0.05) is 18.5 Å². The van der Waals surface area contributed by atoms with Crippen LogP contribution in [0.25, 0.3) is 0 Å². The van der Waals surface area contributed by atoms with Gasteiger partial charge in [-0.15, -0.1) is 11.6 Å². The molecule has 0 bridgehead atoms. The van der Waals surface area contributed by atoms with Crippen LogP contribution in [0.5, 0.6) is 11.5 Å². The second-order valence-corrected chi connectivity index (χ2v) is 3.97. The van der Waals surface area contributed by atoms with Crippen LogP contribution in [0.4, 0.5) is 0 Å². The Morgan fingerprint density at radius 2 is 2.18 bits per heavy atom. The van der Waals surface area contributed by atoms with Gasteiger partial charge in [-0.1, -0.05) is 12.1 Å². The van der Waals surface area contributed by atoms with E-state index in [-0.39, 0.29) is 11.8 Å². The lowest BCUT2D eigenvalue weighted by Gasteiger charge is -2.12. The van der Waals surface area contributed by atoms with Crippen LogP contribution in [0.2, 0.25) is 0 Å². The topological polar surface area (TPSA) is 47.6 Å². The van der Waals surface area contributed by atoms with E-state index in [9.17, 15) is 4.79 Å². The highest BCUT2D eigenvalue weighted by Crippen LogP contribution is 2.32. The highest BCUT2D eigenvalue weighted by molar-refractivity contribution is 6.27. The van der Waals surface area contributed by atoms with Crippen molar-refractivity contribution in [1.82, 2.24) is 5.32 Å². The van der Waals surface area contributed by atoms with Crippen molar-refractivity contribution in [2.75, 3.05) is 19.1 Å². The Bertz CT molecular complexity index is 409. The minimum Gasteiger partial charge on any atom is -0.490 e. The summed E-state index contributed by atoms with van der Waals surface area (Å²) in [4.78, 5) is 11.1. The molecule has 1 amide bonds. The predicted molar refractivity (Wildman–Crippen MR) is 64.6 cm³/mol. The van der Waals surface area contributed by atoms with E-state index in [1.54, 1.807) is 0 Å². The zero-order valence-electron chi connectivity index (χ0n) is 9.37. The fourth-order valence-corrected chi connectivity index (χ4v) is 1.73. The van der Waals surface area contributed by atoms with Crippen LogP contribution in [0.15, 0.2) is 18.2 Å². The van der Waals surface area contributed by atoms with E-state index in [0.717, 1.165) is 23.5 Å². The molecule has 92 valence electrons. The number of halogens is 1. The van der Waals surface area contributed by atoms with Crippen LogP contribution in [-0.4, -0.2) is 25.0 Å². The number of benzene rings is 1. The maximum atomic E-state index is 11.1. The largest absolute Gasteiger partial charge is 0.490 e. The SMILES string of the molecule is O=C(CCl)NCc1cccc2c1OCCCO2. The Morgan fingerprint density at radius 3 is 3.00 bits per heavy atom. The van der Waals surface area contributed by atoms with Crippen molar-refractivity contribution < 1.29 is 14.3 Å². The van der Waals surface area contributed by atoms with Gasteiger partial charge < -0.3 is 14.8 Å². The van der Waals surface area contributed by atoms with Crippen LogP contribution >= 0.6 is 11.6 Å². The van der Waals surface area contributed by atoms with Crippen LogP contribution in [0.1, 0.15) is 12.0 Å². The molecule has 1 aromatic carbocycles. The molecule has 17 heavy (non-hydrogen) atoms. The van der Waals surface area contributed by atoms with Crippen molar-refractivity contribution in [2.45, 2.75) is 13.0 Å². The second kappa shape index (κ2) is 5.77. The van der Waals surface area contributed by atoms with Gasteiger partial charge in [0.15, 0.2) is 11.5 Å². The molecule has 1 aromatic rings. The number of alkyl halides is 1. The molecule has 0 unspecified atom stereocenters. The van der Waals surface area contributed by atoms with Gasteiger partial charge in [-0.3, -0.25) is 4.79 Å². The molecule has 0 saturated carbocycles. The molecule has 0 radical (unpaired) electrons. The fourth-order valence-electron chi connectivity index (χ4n) is 1.63.